The largest absolute Gasteiger partial charge is 0.506 e. The molecule has 0 amide bonds. The second-order valence-electron chi connectivity index (χ2n) is 3.38. The van der Waals surface area contributed by atoms with E-state index in [2.05, 4.69) is 4.99 Å². The molecule has 0 aliphatic heterocycles. The maximum Gasteiger partial charge on any atom is 0.141 e. The van der Waals surface area contributed by atoms with Crippen LogP contribution >= 0.6 is 0 Å². The number of phenols is 1. The maximum absolute atomic E-state index is 9.51. The van der Waals surface area contributed by atoms with Crippen LogP contribution < -0.4 is 5.73 Å². The third-order valence-corrected chi connectivity index (χ3v) is 2.22. The highest BCUT2D eigenvalue weighted by Gasteiger charge is 1.96. The SMILES string of the molecule is Nc1ccccc1C=Nc1ccccc1O. The van der Waals surface area contributed by atoms with Gasteiger partial charge in [-0.3, -0.25) is 4.99 Å². The number of hydrogen-bond donors (Lipinski definition) is 2. The molecule has 0 unspecified atom stereocenters. The summed E-state index contributed by atoms with van der Waals surface area (Å²) in [6.07, 6.45) is 1.64. The Bertz CT molecular complexity index is 473. The molecule has 0 saturated carbocycles. The highest BCUT2D eigenvalue weighted by Crippen LogP contribution is 2.24. The van der Waals surface area contributed by atoms with Gasteiger partial charge in [0.15, 0.2) is 0 Å². The molecule has 16 heavy (non-hydrogen) atoms. The summed E-state index contributed by atoms with van der Waals surface area (Å²) in [4.78, 5) is 4.18. The van der Waals surface area contributed by atoms with Crippen LogP contribution in [0.25, 0.3) is 0 Å². The molecule has 2 aromatic carbocycles. The van der Waals surface area contributed by atoms with Crippen molar-refractivity contribution in [2.45, 2.75) is 0 Å². The fraction of sp³-hybridized carbons (Fsp3) is 0. The van der Waals surface area contributed by atoms with Crippen LogP contribution in [-0.2, 0) is 0 Å². The molecule has 0 fully saturated rings. The predicted molar refractivity (Wildman–Crippen MR) is 66.2 cm³/mol. The van der Waals surface area contributed by atoms with Gasteiger partial charge in [0.1, 0.15) is 11.4 Å². The molecule has 0 aliphatic rings. The Hall–Kier alpha value is -2.29. The van der Waals surface area contributed by atoms with Gasteiger partial charge in [-0.2, -0.15) is 0 Å². The molecule has 80 valence electrons. The van der Waals surface area contributed by atoms with Gasteiger partial charge < -0.3 is 10.8 Å². The number of nitrogens with zero attached hydrogens (tertiary/aromatic N) is 1. The van der Waals surface area contributed by atoms with Gasteiger partial charge in [0, 0.05) is 17.5 Å². The molecule has 2 rings (SSSR count). The van der Waals surface area contributed by atoms with Gasteiger partial charge in [0.05, 0.1) is 0 Å². The summed E-state index contributed by atoms with van der Waals surface area (Å²) in [7, 11) is 0. The second-order valence-corrected chi connectivity index (χ2v) is 3.38. The van der Waals surface area contributed by atoms with E-state index in [4.69, 9.17) is 5.73 Å². The van der Waals surface area contributed by atoms with E-state index in [0.29, 0.717) is 11.4 Å². The predicted octanol–water partition coefficient (Wildman–Crippen LogP) is 2.73. The van der Waals surface area contributed by atoms with Gasteiger partial charge in [0.25, 0.3) is 0 Å². The second kappa shape index (κ2) is 4.49. The maximum atomic E-state index is 9.51. The Morgan fingerprint density at radius 2 is 1.69 bits per heavy atom. The molecule has 3 heteroatoms. The summed E-state index contributed by atoms with van der Waals surface area (Å²) in [5.74, 6) is 0.160. The van der Waals surface area contributed by atoms with Gasteiger partial charge in [-0.25, -0.2) is 0 Å². The number of hydrogen-bond acceptors (Lipinski definition) is 3. The fourth-order valence-corrected chi connectivity index (χ4v) is 1.34. The number of benzene rings is 2. The normalized spacial score (nSPS) is 10.8. The van der Waals surface area contributed by atoms with E-state index < -0.39 is 0 Å². The molecule has 0 spiro atoms. The van der Waals surface area contributed by atoms with Crippen molar-refractivity contribution in [1.82, 2.24) is 0 Å². The van der Waals surface area contributed by atoms with Crippen molar-refractivity contribution in [3.8, 4) is 5.75 Å². The van der Waals surface area contributed by atoms with Crippen LogP contribution in [-0.4, -0.2) is 11.3 Å². The molecule has 3 nitrogen and oxygen atoms in total. The summed E-state index contributed by atoms with van der Waals surface area (Å²) >= 11 is 0. The first-order chi connectivity index (χ1) is 7.77. The quantitative estimate of drug-likeness (QED) is 0.594. The lowest BCUT2D eigenvalue weighted by Crippen LogP contribution is -1.91. The Kier molecular flexibility index (Phi) is 2.87. The van der Waals surface area contributed by atoms with Crippen molar-refractivity contribution in [2.24, 2.45) is 4.99 Å². The number of aromatic hydroxyl groups is 1. The van der Waals surface area contributed by atoms with Crippen molar-refractivity contribution in [1.29, 1.82) is 0 Å². The van der Waals surface area contributed by atoms with Crippen LogP contribution in [0, 0.1) is 0 Å². The van der Waals surface area contributed by atoms with Crippen LogP contribution in [0.4, 0.5) is 11.4 Å². The summed E-state index contributed by atoms with van der Waals surface area (Å²) in [5, 5.41) is 9.51. The number of rotatable bonds is 2. The van der Waals surface area contributed by atoms with E-state index in [1.54, 1.807) is 24.4 Å². The molecule has 0 bridgehead atoms. The standard InChI is InChI=1S/C13H12N2O/c14-11-6-2-1-5-10(11)9-15-12-7-3-4-8-13(12)16/h1-9,16H,14H2. The molecule has 0 saturated heterocycles. The van der Waals surface area contributed by atoms with Crippen molar-refractivity contribution in [3.63, 3.8) is 0 Å². The topological polar surface area (TPSA) is 58.6 Å². The molecule has 0 aliphatic carbocycles. The smallest absolute Gasteiger partial charge is 0.141 e. The average Bonchev–Trinajstić information content (AvgIpc) is 2.30. The lowest BCUT2D eigenvalue weighted by Gasteiger charge is -1.99. The molecule has 0 radical (unpaired) electrons. The average molecular weight is 212 g/mol. The van der Waals surface area contributed by atoms with E-state index in [9.17, 15) is 5.11 Å². The molecular formula is C13H12N2O. The number of anilines is 1. The minimum absolute atomic E-state index is 0.160. The van der Waals surface area contributed by atoms with Gasteiger partial charge >= 0.3 is 0 Å². The first kappa shape index (κ1) is 10.2. The highest BCUT2D eigenvalue weighted by molar-refractivity contribution is 5.88. The summed E-state index contributed by atoms with van der Waals surface area (Å²) in [5.41, 5.74) is 7.81. The highest BCUT2D eigenvalue weighted by atomic mass is 16.3. The van der Waals surface area contributed by atoms with Crippen LogP contribution in [0.3, 0.4) is 0 Å². The van der Waals surface area contributed by atoms with Gasteiger partial charge in [0.2, 0.25) is 0 Å². The molecule has 2 aromatic rings. The van der Waals surface area contributed by atoms with Crippen molar-refractivity contribution < 1.29 is 5.11 Å². The Balaban J connectivity index is 2.29. The van der Waals surface area contributed by atoms with Crippen LogP contribution in [0.5, 0.6) is 5.75 Å². The monoisotopic (exact) mass is 212 g/mol. The van der Waals surface area contributed by atoms with E-state index in [1.165, 1.54) is 0 Å². The molecule has 0 atom stereocenters. The molecule has 0 aromatic heterocycles. The fourth-order valence-electron chi connectivity index (χ4n) is 1.34. The molecule has 3 N–H and O–H groups in total. The number of phenolic OH excluding ortho intramolecular Hbond substituents is 1. The van der Waals surface area contributed by atoms with Crippen molar-refractivity contribution in [2.75, 3.05) is 5.73 Å². The van der Waals surface area contributed by atoms with Crippen LogP contribution in [0.2, 0.25) is 0 Å². The zero-order chi connectivity index (χ0) is 11.4. The third-order valence-electron chi connectivity index (χ3n) is 2.22. The first-order valence-electron chi connectivity index (χ1n) is 4.94. The van der Waals surface area contributed by atoms with E-state index in [0.717, 1.165) is 5.56 Å². The number of nitrogen functional groups attached to an aromatic ring is 1. The number of para-hydroxylation sites is 3. The third kappa shape index (κ3) is 2.20. The molecular weight excluding hydrogens is 200 g/mol. The summed E-state index contributed by atoms with van der Waals surface area (Å²) in [6, 6.07) is 14.4. The summed E-state index contributed by atoms with van der Waals surface area (Å²) in [6.45, 7) is 0. The van der Waals surface area contributed by atoms with Crippen LogP contribution in [0.15, 0.2) is 53.5 Å². The van der Waals surface area contributed by atoms with E-state index >= 15 is 0 Å². The Morgan fingerprint density at radius 1 is 1.00 bits per heavy atom. The Labute approximate surface area is 93.9 Å². The van der Waals surface area contributed by atoms with Gasteiger partial charge in [-0.1, -0.05) is 30.3 Å². The van der Waals surface area contributed by atoms with Crippen LogP contribution in [0.1, 0.15) is 5.56 Å². The lowest BCUT2D eigenvalue weighted by molar-refractivity contribution is 0.477. The first-order valence-corrected chi connectivity index (χ1v) is 4.94. The Morgan fingerprint density at radius 3 is 2.44 bits per heavy atom. The zero-order valence-electron chi connectivity index (χ0n) is 8.67. The number of nitrogens with two attached hydrogens (primary N) is 1. The van der Waals surface area contributed by atoms with Gasteiger partial charge in [-0.05, 0) is 18.2 Å². The lowest BCUT2D eigenvalue weighted by atomic mass is 10.2. The molecule has 0 heterocycles. The number of aliphatic imine (C=N–C) groups is 1. The summed E-state index contributed by atoms with van der Waals surface area (Å²) < 4.78 is 0. The minimum Gasteiger partial charge on any atom is -0.506 e. The van der Waals surface area contributed by atoms with Crippen molar-refractivity contribution in [3.05, 3.63) is 54.1 Å². The zero-order valence-corrected chi connectivity index (χ0v) is 8.67. The van der Waals surface area contributed by atoms with Crippen molar-refractivity contribution >= 4 is 17.6 Å². The minimum atomic E-state index is 0.160. The van der Waals surface area contributed by atoms with Gasteiger partial charge in [-0.15, -0.1) is 0 Å². The van der Waals surface area contributed by atoms with E-state index in [1.807, 2.05) is 30.3 Å². The van der Waals surface area contributed by atoms with E-state index in [-0.39, 0.29) is 5.75 Å².